The molecule has 3 aromatic rings. The van der Waals surface area contributed by atoms with Gasteiger partial charge in [0.25, 0.3) is 0 Å². The minimum absolute atomic E-state index is 0.195. The van der Waals surface area contributed by atoms with Crippen LogP contribution in [0.2, 0.25) is 0 Å². The second-order valence-corrected chi connectivity index (χ2v) is 4.13. The van der Waals surface area contributed by atoms with Crippen LogP contribution in [-0.4, -0.2) is 4.57 Å². The molecule has 2 nitrogen and oxygen atoms in total. The smallest absolute Gasteiger partial charge is 0.101 e. The lowest BCUT2D eigenvalue weighted by molar-refractivity contribution is 0.678. The molecule has 3 rings (SSSR count). The molecule has 0 bridgehead atoms. The maximum atomic E-state index is 6.12. The van der Waals surface area contributed by atoms with Gasteiger partial charge in [-0.15, -0.1) is 0 Å². The molecule has 1 aromatic heterocycles. The second kappa shape index (κ2) is 3.75. The largest absolute Gasteiger partial charge is 0.321 e. The monoisotopic (exact) mass is 222 g/mol. The molecule has 0 saturated carbocycles. The van der Waals surface area contributed by atoms with E-state index in [2.05, 4.69) is 47.5 Å². The van der Waals surface area contributed by atoms with Crippen molar-refractivity contribution >= 4 is 21.8 Å². The zero-order chi connectivity index (χ0) is 11.8. The van der Waals surface area contributed by atoms with Gasteiger partial charge in [-0.25, -0.2) is 0 Å². The third-order valence-electron chi connectivity index (χ3n) is 3.16. The highest BCUT2D eigenvalue weighted by atomic mass is 15.1. The predicted molar refractivity (Wildman–Crippen MR) is 72.9 cm³/mol. The van der Waals surface area contributed by atoms with E-state index in [1.54, 1.807) is 6.08 Å². The fourth-order valence-electron chi connectivity index (χ4n) is 2.38. The molecule has 0 spiro atoms. The van der Waals surface area contributed by atoms with Gasteiger partial charge in [-0.2, -0.15) is 0 Å². The van der Waals surface area contributed by atoms with Crippen LogP contribution < -0.4 is 5.73 Å². The van der Waals surface area contributed by atoms with Crippen LogP contribution in [0.5, 0.6) is 0 Å². The Bertz CT molecular complexity index is 641. The molecule has 0 aliphatic rings. The summed E-state index contributed by atoms with van der Waals surface area (Å²) in [6.07, 6.45) is 1.57. The highest BCUT2D eigenvalue weighted by molar-refractivity contribution is 6.08. The molecule has 1 unspecified atom stereocenters. The standard InChI is InChI=1S/C15H14N2/c1-2-15(16)17-13-9-5-3-7-11(13)12-8-4-6-10-14(12)17/h2-10,15H,1,16H2. The van der Waals surface area contributed by atoms with Gasteiger partial charge in [0.15, 0.2) is 0 Å². The zero-order valence-electron chi connectivity index (χ0n) is 9.51. The summed E-state index contributed by atoms with van der Waals surface area (Å²) in [5.41, 5.74) is 8.42. The normalized spacial score (nSPS) is 13.0. The summed E-state index contributed by atoms with van der Waals surface area (Å²) in [4.78, 5) is 0. The van der Waals surface area contributed by atoms with Crippen LogP contribution in [0.15, 0.2) is 61.2 Å². The van der Waals surface area contributed by atoms with Gasteiger partial charge in [-0.05, 0) is 12.1 Å². The highest BCUT2D eigenvalue weighted by Gasteiger charge is 2.11. The first-order valence-corrected chi connectivity index (χ1v) is 5.69. The van der Waals surface area contributed by atoms with Gasteiger partial charge in [0.1, 0.15) is 6.17 Å². The molecule has 2 aromatic carbocycles. The Hall–Kier alpha value is -2.06. The first kappa shape index (κ1) is 10.1. The number of nitrogens with zero attached hydrogens (tertiary/aromatic N) is 1. The lowest BCUT2D eigenvalue weighted by atomic mass is 10.2. The number of benzene rings is 2. The number of rotatable bonds is 2. The third kappa shape index (κ3) is 1.38. The summed E-state index contributed by atoms with van der Waals surface area (Å²) >= 11 is 0. The lowest BCUT2D eigenvalue weighted by Crippen LogP contribution is -2.15. The molecule has 17 heavy (non-hydrogen) atoms. The van der Waals surface area contributed by atoms with Crippen LogP contribution in [-0.2, 0) is 0 Å². The number of hydrogen-bond donors (Lipinski definition) is 1. The minimum atomic E-state index is -0.195. The Labute approximate surface area is 100.0 Å². The molecular weight excluding hydrogens is 208 g/mol. The van der Waals surface area contributed by atoms with Crippen molar-refractivity contribution in [3.8, 4) is 0 Å². The Balaban J connectivity index is 2.54. The van der Waals surface area contributed by atoms with Gasteiger partial charge in [0.2, 0.25) is 0 Å². The van der Waals surface area contributed by atoms with Gasteiger partial charge < -0.3 is 10.3 Å². The summed E-state index contributed by atoms with van der Waals surface area (Å²) in [7, 11) is 0. The van der Waals surface area contributed by atoms with Crippen LogP contribution in [0.25, 0.3) is 21.8 Å². The fraction of sp³-hybridized carbons (Fsp3) is 0.0667. The Morgan fingerprint density at radius 1 is 0.941 bits per heavy atom. The summed E-state index contributed by atoms with van der Waals surface area (Å²) in [5.74, 6) is 0. The number of hydrogen-bond acceptors (Lipinski definition) is 1. The van der Waals surface area contributed by atoms with E-state index >= 15 is 0 Å². The summed E-state index contributed by atoms with van der Waals surface area (Å²) < 4.78 is 2.12. The van der Waals surface area contributed by atoms with E-state index in [0.717, 1.165) is 11.0 Å². The zero-order valence-corrected chi connectivity index (χ0v) is 9.51. The first-order chi connectivity index (χ1) is 8.33. The van der Waals surface area contributed by atoms with E-state index in [9.17, 15) is 0 Å². The molecule has 2 N–H and O–H groups in total. The van der Waals surface area contributed by atoms with Crippen molar-refractivity contribution in [2.24, 2.45) is 5.73 Å². The van der Waals surface area contributed by atoms with Crippen molar-refractivity contribution in [1.82, 2.24) is 4.57 Å². The van der Waals surface area contributed by atoms with E-state index < -0.39 is 0 Å². The van der Waals surface area contributed by atoms with E-state index in [0.29, 0.717) is 0 Å². The molecule has 1 atom stereocenters. The van der Waals surface area contributed by atoms with Gasteiger partial charge in [-0.3, -0.25) is 0 Å². The Kier molecular flexibility index (Phi) is 2.23. The minimum Gasteiger partial charge on any atom is -0.321 e. The molecular formula is C15H14N2. The van der Waals surface area contributed by atoms with Gasteiger partial charge in [-0.1, -0.05) is 49.1 Å². The van der Waals surface area contributed by atoms with Crippen molar-refractivity contribution < 1.29 is 0 Å². The number of fused-ring (bicyclic) bond motifs is 3. The Morgan fingerprint density at radius 3 is 1.88 bits per heavy atom. The summed E-state index contributed by atoms with van der Waals surface area (Å²) in [5, 5.41) is 2.47. The van der Waals surface area contributed by atoms with Crippen molar-refractivity contribution in [1.29, 1.82) is 0 Å². The van der Waals surface area contributed by atoms with Crippen LogP contribution in [0.4, 0.5) is 0 Å². The van der Waals surface area contributed by atoms with E-state index in [4.69, 9.17) is 5.73 Å². The van der Waals surface area contributed by atoms with Gasteiger partial charge in [0, 0.05) is 10.8 Å². The molecule has 2 heteroatoms. The molecule has 1 heterocycles. The third-order valence-corrected chi connectivity index (χ3v) is 3.16. The summed E-state index contributed by atoms with van der Waals surface area (Å²) in [6.45, 7) is 3.78. The molecule has 0 amide bonds. The predicted octanol–water partition coefficient (Wildman–Crippen LogP) is 3.44. The van der Waals surface area contributed by atoms with Gasteiger partial charge in [0.05, 0.1) is 11.0 Å². The molecule has 0 saturated heterocycles. The molecule has 84 valence electrons. The maximum absolute atomic E-state index is 6.12. The number of para-hydroxylation sites is 2. The maximum Gasteiger partial charge on any atom is 0.101 e. The number of nitrogens with two attached hydrogens (primary N) is 1. The quantitative estimate of drug-likeness (QED) is 0.661. The van der Waals surface area contributed by atoms with E-state index in [1.165, 1.54) is 10.8 Å². The SMILES string of the molecule is C=CC(N)n1c2ccccc2c2ccccc21. The highest BCUT2D eigenvalue weighted by Crippen LogP contribution is 2.30. The van der Waals surface area contributed by atoms with Crippen molar-refractivity contribution in [3.63, 3.8) is 0 Å². The van der Waals surface area contributed by atoms with Crippen LogP contribution in [0, 0.1) is 0 Å². The van der Waals surface area contributed by atoms with Crippen LogP contribution >= 0.6 is 0 Å². The van der Waals surface area contributed by atoms with Gasteiger partial charge >= 0.3 is 0 Å². The average Bonchev–Trinajstić information content (AvgIpc) is 2.72. The fourth-order valence-corrected chi connectivity index (χ4v) is 2.38. The van der Waals surface area contributed by atoms with Crippen molar-refractivity contribution in [3.05, 3.63) is 61.2 Å². The molecule has 0 radical (unpaired) electrons. The van der Waals surface area contributed by atoms with E-state index in [1.807, 2.05) is 12.1 Å². The lowest BCUT2D eigenvalue weighted by Gasteiger charge is -2.12. The second-order valence-electron chi connectivity index (χ2n) is 4.13. The summed E-state index contributed by atoms with van der Waals surface area (Å²) in [6, 6.07) is 16.6. The molecule has 0 fully saturated rings. The number of aromatic nitrogens is 1. The van der Waals surface area contributed by atoms with Crippen LogP contribution in [0.1, 0.15) is 6.17 Å². The Morgan fingerprint density at radius 2 is 1.41 bits per heavy atom. The van der Waals surface area contributed by atoms with Crippen LogP contribution in [0.3, 0.4) is 0 Å². The molecule has 0 aliphatic heterocycles. The first-order valence-electron chi connectivity index (χ1n) is 5.69. The topological polar surface area (TPSA) is 30.9 Å². The van der Waals surface area contributed by atoms with E-state index in [-0.39, 0.29) is 6.17 Å². The average molecular weight is 222 g/mol. The van der Waals surface area contributed by atoms with Crippen molar-refractivity contribution in [2.45, 2.75) is 6.17 Å². The molecule has 0 aliphatic carbocycles. The van der Waals surface area contributed by atoms with Crippen molar-refractivity contribution in [2.75, 3.05) is 0 Å².